The smallest absolute Gasteiger partial charge is 0.220 e. The maximum atomic E-state index is 11.4. The van der Waals surface area contributed by atoms with E-state index in [-0.39, 0.29) is 5.91 Å². The van der Waals surface area contributed by atoms with Crippen LogP contribution in [0.4, 0.5) is 0 Å². The normalized spacial score (nSPS) is 38.1. The van der Waals surface area contributed by atoms with E-state index < -0.39 is 24.0 Å². The predicted octanol–water partition coefficient (Wildman–Crippen LogP) is 1.29. The molecule has 0 radical (unpaired) electrons. The van der Waals surface area contributed by atoms with E-state index in [1.807, 2.05) is 0 Å². The van der Waals surface area contributed by atoms with Crippen molar-refractivity contribution in [3.63, 3.8) is 0 Å². The molecule has 2 unspecified atom stereocenters. The lowest BCUT2D eigenvalue weighted by Crippen LogP contribution is -2.40. The maximum Gasteiger partial charge on any atom is 0.220 e. The SMILES string of the molecule is CCC(=O)NC1CC2(C=C(Br)C(O)C(Br)=C2)OC1O. The van der Waals surface area contributed by atoms with Gasteiger partial charge in [-0.15, -0.1) is 0 Å². The Kier molecular flexibility index (Phi) is 4.52. The number of hydrogen-bond donors (Lipinski definition) is 3. The van der Waals surface area contributed by atoms with E-state index in [0.717, 1.165) is 0 Å². The molecule has 19 heavy (non-hydrogen) atoms. The summed E-state index contributed by atoms with van der Waals surface area (Å²) in [4.78, 5) is 11.4. The third-order valence-electron chi connectivity index (χ3n) is 3.18. The van der Waals surface area contributed by atoms with E-state index >= 15 is 0 Å². The highest BCUT2D eigenvalue weighted by molar-refractivity contribution is 9.12. The number of hydrogen-bond acceptors (Lipinski definition) is 4. The Balaban J connectivity index is 2.18. The molecule has 1 heterocycles. The van der Waals surface area contributed by atoms with Gasteiger partial charge in [-0.2, -0.15) is 0 Å². The van der Waals surface area contributed by atoms with Gasteiger partial charge in [-0.3, -0.25) is 4.79 Å². The molecule has 1 fully saturated rings. The number of aliphatic hydroxyl groups is 2. The molecular formula is C12H15Br2NO4. The van der Waals surface area contributed by atoms with E-state index in [1.165, 1.54) is 0 Å². The summed E-state index contributed by atoms with van der Waals surface area (Å²) in [5, 5.41) is 22.4. The van der Waals surface area contributed by atoms with Crippen LogP contribution in [0.1, 0.15) is 19.8 Å². The van der Waals surface area contributed by atoms with Gasteiger partial charge < -0.3 is 20.3 Å². The topological polar surface area (TPSA) is 78.8 Å². The minimum atomic E-state index is -1.07. The molecule has 5 nitrogen and oxygen atoms in total. The summed E-state index contributed by atoms with van der Waals surface area (Å²) < 4.78 is 6.69. The molecule has 1 saturated heterocycles. The molecular weight excluding hydrogens is 382 g/mol. The maximum absolute atomic E-state index is 11.4. The fourth-order valence-electron chi connectivity index (χ4n) is 2.21. The van der Waals surface area contributed by atoms with Crippen molar-refractivity contribution in [2.45, 2.75) is 43.8 Å². The number of aliphatic hydroxyl groups excluding tert-OH is 2. The second-order valence-corrected chi connectivity index (χ2v) is 6.49. The van der Waals surface area contributed by atoms with Crippen molar-refractivity contribution in [1.29, 1.82) is 0 Å². The van der Waals surface area contributed by atoms with Crippen molar-refractivity contribution in [2.24, 2.45) is 0 Å². The molecule has 7 heteroatoms. The van der Waals surface area contributed by atoms with Crippen LogP contribution in [0, 0.1) is 0 Å². The highest BCUT2D eigenvalue weighted by Gasteiger charge is 2.46. The number of amides is 1. The number of nitrogens with one attached hydrogen (secondary N) is 1. The summed E-state index contributed by atoms with van der Waals surface area (Å²) in [7, 11) is 0. The molecule has 2 atom stereocenters. The van der Waals surface area contributed by atoms with Crippen molar-refractivity contribution < 1.29 is 19.7 Å². The van der Waals surface area contributed by atoms with Gasteiger partial charge in [-0.25, -0.2) is 0 Å². The second-order valence-electron chi connectivity index (χ2n) is 4.66. The van der Waals surface area contributed by atoms with Crippen LogP contribution in [0.15, 0.2) is 21.1 Å². The van der Waals surface area contributed by atoms with Crippen molar-refractivity contribution in [2.75, 3.05) is 0 Å². The number of rotatable bonds is 2. The molecule has 1 amide bonds. The van der Waals surface area contributed by atoms with Gasteiger partial charge in [0.25, 0.3) is 0 Å². The average molecular weight is 397 g/mol. The first-order valence-corrected chi connectivity index (χ1v) is 7.55. The van der Waals surface area contributed by atoms with Crippen LogP contribution in [0.2, 0.25) is 0 Å². The first-order valence-electron chi connectivity index (χ1n) is 5.96. The van der Waals surface area contributed by atoms with Crippen molar-refractivity contribution in [3.05, 3.63) is 21.1 Å². The first kappa shape index (κ1) is 15.2. The van der Waals surface area contributed by atoms with E-state index in [4.69, 9.17) is 4.74 Å². The standard InChI is InChI=1S/C12H15Br2NO4/c1-2-9(16)15-8-5-12(19-11(8)18)3-6(13)10(17)7(14)4-12/h3-4,8,10-11,17-18H,2,5H2,1H3,(H,15,16). The number of halogens is 2. The number of carbonyl (C=O) groups is 1. The quantitative estimate of drug-likeness (QED) is 0.657. The van der Waals surface area contributed by atoms with Crippen LogP contribution in [-0.4, -0.2) is 40.2 Å². The Bertz CT molecular complexity index is 429. The van der Waals surface area contributed by atoms with Gasteiger partial charge in [0.2, 0.25) is 5.91 Å². The highest BCUT2D eigenvalue weighted by Crippen LogP contribution is 2.41. The van der Waals surface area contributed by atoms with Crippen LogP contribution in [0.25, 0.3) is 0 Å². The Morgan fingerprint density at radius 2 is 2.05 bits per heavy atom. The molecule has 2 rings (SSSR count). The van der Waals surface area contributed by atoms with Gasteiger partial charge in [0.05, 0.1) is 6.04 Å². The van der Waals surface area contributed by atoms with Crippen molar-refractivity contribution in [3.8, 4) is 0 Å². The molecule has 0 aromatic carbocycles. The van der Waals surface area contributed by atoms with Gasteiger partial charge in [-0.1, -0.05) is 38.8 Å². The largest absolute Gasteiger partial charge is 0.383 e. The molecule has 1 aliphatic carbocycles. The molecule has 1 aliphatic heterocycles. The predicted molar refractivity (Wildman–Crippen MR) is 76.7 cm³/mol. The zero-order valence-corrected chi connectivity index (χ0v) is 13.4. The Morgan fingerprint density at radius 1 is 1.47 bits per heavy atom. The molecule has 2 aliphatic rings. The molecule has 106 valence electrons. The van der Waals surface area contributed by atoms with Crippen LogP contribution in [-0.2, 0) is 9.53 Å². The zero-order chi connectivity index (χ0) is 14.2. The minimum absolute atomic E-state index is 0.133. The lowest BCUT2D eigenvalue weighted by atomic mass is 9.92. The molecule has 0 bridgehead atoms. The molecule has 1 spiro atoms. The minimum Gasteiger partial charge on any atom is -0.383 e. The number of carbonyl (C=O) groups excluding carboxylic acids is 1. The zero-order valence-electron chi connectivity index (χ0n) is 10.3. The van der Waals surface area contributed by atoms with E-state index in [2.05, 4.69) is 37.2 Å². The summed E-state index contributed by atoms with van der Waals surface area (Å²) in [6, 6.07) is -0.462. The third-order valence-corrected chi connectivity index (χ3v) is 4.50. The van der Waals surface area contributed by atoms with Gasteiger partial charge in [0.1, 0.15) is 11.7 Å². The Morgan fingerprint density at radius 3 is 2.58 bits per heavy atom. The molecule has 0 aromatic heterocycles. The summed E-state index contributed by atoms with van der Waals surface area (Å²) in [6.45, 7) is 1.75. The van der Waals surface area contributed by atoms with Gasteiger partial charge in [-0.05, 0) is 12.2 Å². The Labute approximate surface area is 128 Å². The fraction of sp³-hybridized carbons (Fsp3) is 0.583. The van der Waals surface area contributed by atoms with Crippen molar-refractivity contribution >= 4 is 37.8 Å². The summed E-state index contributed by atoms with van der Waals surface area (Å²) in [5.74, 6) is -0.133. The number of ether oxygens (including phenoxy) is 1. The van der Waals surface area contributed by atoms with Crippen LogP contribution in [0.5, 0.6) is 0 Å². The first-order chi connectivity index (χ1) is 8.87. The summed E-state index contributed by atoms with van der Waals surface area (Å²) >= 11 is 6.55. The highest BCUT2D eigenvalue weighted by atomic mass is 79.9. The van der Waals surface area contributed by atoms with Gasteiger partial charge in [0.15, 0.2) is 6.29 Å². The monoisotopic (exact) mass is 395 g/mol. The van der Waals surface area contributed by atoms with E-state index in [1.54, 1.807) is 19.1 Å². The summed E-state index contributed by atoms with van der Waals surface area (Å²) in [6.07, 6.45) is 2.37. The molecule has 0 aromatic rings. The fourth-order valence-corrected chi connectivity index (χ4v) is 3.79. The van der Waals surface area contributed by atoms with Crippen LogP contribution >= 0.6 is 31.9 Å². The van der Waals surface area contributed by atoms with Crippen molar-refractivity contribution in [1.82, 2.24) is 5.32 Å². The van der Waals surface area contributed by atoms with Crippen LogP contribution in [0.3, 0.4) is 0 Å². The van der Waals surface area contributed by atoms with Gasteiger partial charge >= 0.3 is 0 Å². The molecule has 0 saturated carbocycles. The molecule has 3 N–H and O–H groups in total. The lowest BCUT2D eigenvalue weighted by molar-refractivity contribution is -0.129. The Hall–Kier alpha value is -0.210. The average Bonchev–Trinajstić information content (AvgIpc) is 2.62. The lowest BCUT2D eigenvalue weighted by Gasteiger charge is -2.28. The third kappa shape index (κ3) is 3.11. The second kappa shape index (κ2) is 5.65. The summed E-state index contributed by atoms with van der Waals surface area (Å²) in [5.41, 5.74) is -0.817. The van der Waals surface area contributed by atoms with Crippen LogP contribution < -0.4 is 5.32 Å². The van der Waals surface area contributed by atoms with E-state index in [9.17, 15) is 15.0 Å². The van der Waals surface area contributed by atoms with E-state index in [0.29, 0.717) is 21.8 Å². The van der Waals surface area contributed by atoms with Gasteiger partial charge in [0, 0.05) is 21.8 Å².